The molecule has 0 spiro atoms. The molecule has 0 aromatic heterocycles. The third-order valence-corrected chi connectivity index (χ3v) is 4.09. The number of methoxy groups -OCH3 is 1. The Balaban J connectivity index is 2.75. The molecule has 1 saturated carbocycles. The summed E-state index contributed by atoms with van der Waals surface area (Å²) in [4.78, 5) is 31.1. The van der Waals surface area contributed by atoms with Crippen molar-refractivity contribution in [2.24, 2.45) is 4.99 Å². The number of amides is 3. The van der Waals surface area contributed by atoms with Crippen LogP contribution in [0.15, 0.2) is 4.99 Å². The number of hydrogen-bond acceptors (Lipinski definition) is 3. The standard InChI is InChI=1S/C16H30N4O3/c1-5-6-12-19(2)14(18-16(22)23-4)20(3)15(21)17-13-10-8-7-9-11-13/h13H,5-12H2,1-4H3,(H,17,21). The van der Waals surface area contributed by atoms with E-state index >= 15 is 0 Å². The van der Waals surface area contributed by atoms with Crippen LogP contribution in [0.2, 0.25) is 0 Å². The number of unbranched alkanes of at least 4 members (excludes halogenated alkanes) is 1. The smallest absolute Gasteiger partial charge is 0.436 e. The van der Waals surface area contributed by atoms with Crippen molar-refractivity contribution >= 4 is 18.1 Å². The maximum atomic E-state index is 12.5. The summed E-state index contributed by atoms with van der Waals surface area (Å²) in [7, 11) is 4.72. The van der Waals surface area contributed by atoms with Gasteiger partial charge in [0.15, 0.2) is 0 Å². The number of guanidine groups is 1. The van der Waals surface area contributed by atoms with E-state index in [0.717, 1.165) is 38.5 Å². The molecule has 0 aliphatic heterocycles. The van der Waals surface area contributed by atoms with Gasteiger partial charge in [-0.2, -0.15) is 0 Å². The molecule has 0 atom stereocenters. The summed E-state index contributed by atoms with van der Waals surface area (Å²) in [5, 5.41) is 3.03. The number of carbonyl (C=O) groups is 2. The van der Waals surface area contributed by atoms with Crippen LogP contribution in [0.3, 0.4) is 0 Å². The molecule has 0 saturated heterocycles. The fourth-order valence-corrected chi connectivity index (χ4v) is 2.65. The topological polar surface area (TPSA) is 74.2 Å². The molecule has 132 valence electrons. The first-order valence-corrected chi connectivity index (χ1v) is 8.41. The SMILES string of the molecule is CCCCN(C)C(=NC(=O)OC)N(C)C(=O)NC1CCCCC1. The van der Waals surface area contributed by atoms with Crippen LogP contribution in [-0.4, -0.2) is 61.7 Å². The first kappa shape index (κ1) is 19.3. The summed E-state index contributed by atoms with van der Waals surface area (Å²) in [5.41, 5.74) is 0. The van der Waals surface area contributed by atoms with Crippen LogP contribution in [0.25, 0.3) is 0 Å². The minimum absolute atomic E-state index is 0.207. The van der Waals surface area contributed by atoms with Gasteiger partial charge >= 0.3 is 12.1 Å². The number of ether oxygens (including phenoxy) is 1. The lowest BCUT2D eigenvalue weighted by atomic mass is 9.96. The first-order valence-electron chi connectivity index (χ1n) is 8.41. The third kappa shape index (κ3) is 6.46. The molecule has 0 aromatic carbocycles. The number of hydrogen-bond donors (Lipinski definition) is 1. The van der Waals surface area contributed by atoms with E-state index in [1.165, 1.54) is 18.4 Å². The normalized spacial score (nSPS) is 15.9. The average Bonchev–Trinajstić information content (AvgIpc) is 2.57. The van der Waals surface area contributed by atoms with Gasteiger partial charge in [-0.3, -0.25) is 4.90 Å². The van der Waals surface area contributed by atoms with Gasteiger partial charge in [0.1, 0.15) is 0 Å². The zero-order valence-corrected chi connectivity index (χ0v) is 14.8. The van der Waals surface area contributed by atoms with E-state index in [2.05, 4.69) is 22.0 Å². The summed E-state index contributed by atoms with van der Waals surface area (Å²) in [6.07, 6.45) is 6.81. The number of urea groups is 1. The summed E-state index contributed by atoms with van der Waals surface area (Å²) < 4.78 is 4.60. The van der Waals surface area contributed by atoms with Crippen LogP contribution in [0.4, 0.5) is 9.59 Å². The summed E-state index contributed by atoms with van der Waals surface area (Å²) >= 11 is 0. The van der Waals surface area contributed by atoms with Crippen molar-refractivity contribution in [3.63, 3.8) is 0 Å². The van der Waals surface area contributed by atoms with E-state index < -0.39 is 6.09 Å². The van der Waals surface area contributed by atoms with Crippen molar-refractivity contribution < 1.29 is 14.3 Å². The average molecular weight is 326 g/mol. The first-order chi connectivity index (χ1) is 11.0. The van der Waals surface area contributed by atoms with Crippen LogP contribution >= 0.6 is 0 Å². The van der Waals surface area contributed by atoms with Gasteiger partial charge in [0.05, 0.1) is 7.11 Å². The number of nitrogens with zero attached hydrogens (tertiary/aromatic N) is 3. The zero-order valence-electron chi connectivity index (χ0n) is 14.8. The van der Waals surface area contributed by atoms with Gasteiger partial charge in [-0.25, -0.2) is 9.59 Å². The molecule has 23 heavy (non-hydrogen) atoms. The van der Waals surface area contributed by atoms with Gasteiger partial charge in [-0.05, 0) is 19.3 Å². The van der Waals surface area contributed by atoms with Gasteiger partial charge in [-0.15, -0.1) is 4.99 Å². The molecular weight excluding hydrogens is 296 g/mol. The molecule has 3 amide bonds. The van der Waals surface area contributed by atoms with Crippen LogP contribution in [0, 0.1) is 0 Å². The maximum absolute atomic E-state index is 12.5. The third-order valence-electron chi connectivity index (χ3n) is 4.09. The lowest BCUT2D eigenvalue weighted by molar-refractivity contribution is 0.181. The van der Waals surface area contributed by atoms with Gasteiger partial charge < -0.3 is 15.0 Å². The molecule has 7 nitrogen and oxygen atoms in total. The second-order valence-corrected chi connectivity index (χ2v) is 6.00. The van der Waals surface area contributed by atoms with Gasteiger partial charge in [-0.1, -0.05) is 32.6 Å². The molecule has 7 heteroatoms. The number of aliphatic imine (C=N–C) groups is 1. The maximum Gasteiger partial charge on any atom is 0.436 e. The lowest BCUT2D eigenvalue weighted by Gasteiger charge is -2.30. The minimum Gasteiger partial charge on any atom is -0.451 e. The van der Waals surface area contributed by atoms with E-state index in [0.29, 0.717) is 12.5 Å². The lowest BCUT2D eigenvalue weighted by Crippen LogP contribution is -2.51. The Kier molecular flexibility index (Phi) is 8.43. The van der Waals surface area contributed by atoms with Gasteiger partial charge in [0, 0.05) is 26.7 Å². The van der Waals surface area contributed by atoms with Crippen LogP contribution in [0.1, 0.15) is 51.9 Å². The van der Waals surface area contributed by atoms with Crippen molar-refractivity contribution in [2.45, 2.75) is 57.9 Å². The minimum atomic E-state index is -0.708. The Hall–Kier alpha value is -1.79. The van der Waals surface area contributed by atoms with Crippen LogP contribution in [0.5, 0.6) is 0 Å². The van der Waals surface area contributed by atoms with E-state index in [-0.39, 0.29) is 12.1 Å². The highest BCUT2D eigenvalue weighted by atomic mass is 16.5. The Morgan fingerprint density at radius 2 is 1.87 bits per heavy atom. The van der Waals surface area contributed by atoms with Crippen LogP contribution < -0.4 is 5.32 Å². The highest BCUT2D eigenvalue weighted by Crippen LogP contribution is 2.17. The summed E-state index contributed by atoms with van der Waals surface area (Å²) in [6, 6.07) is -0.0260. The molecule has 0 bridgehead atoms. The molecule has 0 heterocycles. The Morgan fingerprint density at radius 3 is 2.43 bits per heavy atom. The predicted octanol–water partition coefficient (Wildman–Crippen LogP) is 2.81. The Bertz CT molecular complexity index is 420. The number of nitrogens with one attached hydrogen (secondary N) is 1. The molecule has 1 fully saturated rings. The highest BCUT2D eigenvalue weighted by Gasteiger charge is 2.23. The molecule has 0 unspecified atom stereocenters. The monoisotopic (exact) mass is 326 g/mol. The van der Waals surface area contributed by atoms with Crippen LogP contribution in [-0.2, 0) is 4.74 Å². The molecular formula is C16H30N4O3. The summed E-state index contributed by atoms with van der Waals surface area (Å²) in [6.45, 7) is 2.80. The second kappa shape index (κ2) is 10.1. The molecule has 1 aliphatic carbocycles. The largest absolute Gasteiger partial charge is 0.451 e. The fraction of sp³-hybridized carbons (Fsp3) is 0.812. The fourth-order valence-electron chi connectivity index (χ4n) is 2.65. The number of carbonyl (C=O) groups excluding carboxylic acids is 2. The highest BCUT2D eigenvalue weighted by molar-refractivity contribution is 6.00. The predicted molar refractivity (Wildman–Crippen MR) is 90.5 cm³/mol. The second-order valence-electron chi connectivity index (χ2n) is 6.00. The molecule has 0 aromatic rings. The quantitative estimate of drug-likeness (QED) is 0.637. The van der Waals surface area contributed by atoms with Crippen molar-refractivity contribution in [3.8, 4) is 0 Å². The van der Waals surface area contributed by atoms with Crippen molar-refractivity contribution in [2.75, 3.05) is 27.7 Å². The molecule has 0 radical (unpaired) electrons. The Morgan fingerprint density at radius 1 is 1.22 bits per heavy atom. The van der Waals surface area contributed by atoms with Crippen molar-refractivity contribution in [1.82, 2.24) is 15.1 Å². The van der Waals surface area contributed by atoms with E-state index in [9.17, 15) is 9.59 Å². The van der Waals surface area contributed by atoms with E-state index in [1.807, 2.05) is 7.05 Å². The molecule has 1 aliphatic rings. The molecule has 1 N–H and O–H groups in total. The van der Waals surface area contributed by atoms with Crippen molar-refractivity contribution in [3.05, 3.63) is 0 Å². The zero-order chi connectivity index (χ0) is 17.2. The number of rotatable bonds is 4. The molecule has 1 rings (SSSR count). The van der Waals surface area contributed by atoms with E-state index in [4.69, 9.17) is 0 Å². The van der Waals surface area contributed by atoms with Crippen molar-refractivity contribution in [1.29, 1.82) is 0 Å². The van der Waals surface area contributed by atoms with Gasteiger partial charge in [0.25, 0.3) is 0 Å². The van der Waals surface area contributed by atoms with Gasteiger partial charge in [0.2, 0.25) is 5.96 Å². The van der Waals surface area contributed by atoms with E-state index in [1.54, 1.807) is 11.9 Å². The summed E-state index contributed by atoms with van der Waals surface area (Å²) in [5.74, 6) is 0.304. The Labute approximate surface area is 139 Å².